The van der Waals surface area contributed by atoms with E-state index in [1.165, 1.54) is 0 Å². The van der Waals surface area contributed by atoms with E-state index in [-0.39, 0.29) is 17.6 Å². The summed E-state index contributed by atoms with van der Waals surface area (Å²) < 4.78 is 51.7. The first-order chi connectivity index (χ1) is 30.8. The van der Waals surface area contributed by atoms with Crippen LogP contribution in [0.1, 0.15) is 6.85 Å². The van der Waals surface area contributed by atoms with Crippen molar-refractivity contribution in [3.05, 3.63) is 194 Å². The second kappa shape index (κ2) is 12.8. The molecule has 0 saturated carbocycles. The van der Waals surface area contributed by atoms with Crippen molar-refractivity contribution in [1.29, 1.82) is 0 Å². The summed E-state index contributed by atoms with van der Waals surface area (Å²) in [6, 6.07) is 53.2. The molecule has 0 saturated heterocycles. The highest BCUT2D eigenvalue weighted by molar-refractivity contribution is 6.15. The molecule has 58 heavy (non-hydrogen) atoms. The lowest BCUT2D eigenvalue weighted by molar-refractivity contribution is 0.669. The molecule has 0 atom stereocenters. The van der Waals surface area contributed by atoms with Gasteiger partial charge >= 0.3 is 0 Å². The second-order valence-corrected chi connectivity index (χ2v) is 14.4. The molecule has 5 heteroatoms. The summed E-state index contributed by atoms with van der Waals surface area (Å²) in [5.74, 6) is 1.42. The number of rotatable bonds is 5. The Morgan fingerprint density at radius 3 is 1.88 bits per heavy atom. The predicted molar refractivity (Wildman–Crippen MR) is 238 cm³/mol. The molecular weight excluding hydrogens is 709 g/mol. The summed E-state index contributed by atoms with van der Waals surface area (Å²) in [4.78, 5) is 15.7. The third kappa shape index (κ3) is 5.07. The van der Waals surface area contributed by atoms with Gasteiger partial charge in [-0.05, 0) is 63.7 Å². The molecule has 0 unspecified atom stereocenters. The second-order valence-electron chi connectivity index (χ2n) is 14.4. The van der Waals surface area contributed by atoms with Gasteiger partial charge in [-0.1, -0.05) is 158 Å². The molecule has 12 aromatic rings. The van der Waals surface area contributed by atoms with Crippen LogP contribution in [0.25, 0.3) is 116 Å². The van der Waals surface area contributed by atoms with Gasteiger partial charge in [-0.15, -0.1) is 0 Å². The molecule has 12 rings (SSSR count). The minimum absolute atomic E-state index is 0.119. The van der Waals surface area contributed by atoms with Crippen LogP contribution in [0.5, 0.6) is 0 Å². The maximum Gasteiger partial charge on any atom is 0.167 e. The molecule has 0 bridgehead atoms. The Labute approximate surface area is 340 Å². The molecule has 0 aliphatic rings. The summed E-state index contributed by atoms with van der Waals surface area (Å²) in [6.45, 7) is 0. The molecule has 3 heterocycles. The highest BCUT2D eigenvalue weighted by Crippen LogP contribution is 2.42. The van der Waals surface area contributed by atoms with E-state index in [4.69, 9.17) is 26.2 Å². The number of hydrogen-bond donors (Lipinski definition) is 0. The zero-order chi connectivity index (χ0) is 42.5. The first kappa shape index (κ1) is 27.7. The van der Waals surface area contributed by atoms with Crippen LogP contribution >= 0.6 is 0 Å². The Balaban J connectivity index is 1.19. The molecule has 0 amide bonds. The summed E-state index contributed by atoms with van der Waals surface area (Å²) >= 11 is 0. The molecule has 0 N–H and O–H groups in total. The van der Waals surface area contributed by atoms with Crippen molar-refractivity contribution < 1.29 is 11.3 Å². The van der Waals surface area contributed by atoms with Gasteiger partial charge in [0.2, 0.25) is 0 Å². The summed E-state index contributed by atoms with van der Waals surface area (Å²) in [5, 5.41) is 7.97. The molecular formula is C53H32N4O. The van der Waals surface area contributed by atoms with E-state index in [0.29, 0.717) is 45.2 Å². The Morgan fingerprint density at radius 1 is 0.431 bits per heavy atom. The van der Waals surface area contributed by atoms with Crippen LogP contribution in [-0.2, 0) is 0 Å². The van der Waals surface area contributed by atoms with Gasteiger partial charge in [0, 0.05) is 43.7 Å². The van der Waals surface area contributed by atoms with E-state index in [1.807, 2.05) is 72.8 Å². The summed E-state index contributed by atoms with van der Waals surface area (Å²) in [7, 11) is 0. The molecule has 270 valence electrons. The highest BCUT2D eigenvalue weighted by atomic mass is 16.3. The molecule has 9 aromatic carbocycles. The molecule has 0 fully saturated rings. The quantitative estimate of drug-likeness (QED) is 0.165. The number of hydrogen-bond acceptors (Lipinski definition) is 4. The zero-order valence-electron chi connectivity index (χ0n) is 35.8. The van der Waals surface area contributed by atoms with Crippen LogP contribution in [0, 0.1) is 0 Å². The topological polar surface area (TPSA) is 56.7 Å². The molecule has 5 nitrogen and oxygen atoms in total. The van der Waals surface area contributed by atoms with Crippen LogP contribution in [0.15, 0.2) is 198 Å². The lowest BCUT2D eigenvalue weighted by Gasteiger charge is -2.14. The zero-order valence-corrected chi connectivity index (χ0v) is 30.8. The van der Waals surface area contributed by atoms with Crippen molar-refractivity contribution in [1.82, 2.24) is 19.5 Å². The third-order valence-electron chi connectivity index (χ3n) is 11.1. The fourth-order valence-corrected chi connectivity index (χ4v) is 8.49. The van der Waals surface area contributed by atoms with Crippen molar-refractivity contribution in [2.45, 2.75) is 0 Å². The standard InChI is InChI=1S/C53H32N4O/c1-3-14-33(15-4-1)37-28-29-48-43(30-37)44-31-38(57-46-24-11-9-21-40(46)41-22-10-12-25-47(41)57)32-45(50(44)58-48)53-55-51(36-17-5-2-6-18-36)54-52(56-53)42-23-13-19-35-27-26-34-16-7-8-20-39(34)49(35)42/h1-32H/i1D,3D,4D,14D,15D. The average Bonchev–Trinajstić information content (AvgIpc) is 3.88. The largest absolute Gasteiger partial charge is 0.455 e. The van der Waals surface area contributed by atoms with Gasteiger partial charge in [0.15, 0.2) is 17.5 Å². The summed E-state index contributed by atoms with van der Waals surface area (Å²) in [6.07, 6.45) is 0. The predicted octanol–water partition coefficient (Wildman–Crippen LogP) is 13.8. The molecule has 3 aromatic heterocycles. The molecule has 0 spiro atoms. The van der Waals surface area contributed by atoms with Crippen LogP contribution < -0.4 is 0 Å². The van der Waals surface area contributed by atoms with E-state index >= 15 is 0 Å². The van der Waals surface area contributed by atoms with Crippen molar-refractivity contribution in [2.24, 2.45) is 0 Å². The van der Waals surface area contributed by atoms with Crippen molar-refractivity contribution >= 4 is 65.3 Å². The highest BCUT2D eigenvalue weighted by Gasteiger charge is 2.22. The van der Waals surface area contributed by atoms with Crippen molar-refractivity contribution in [3.8, 4) is 51.0 Å². The van der Waals surface area contributed by atoms with Crippen LogP contribution in [0.2, 0.25) is 0 Å². The van der Waals surface area contributed by atoms with Crippen LogP contribution in [0.3, 0.4) is 0 Å². The van der Waals surface area contributed by atoms with Gasteiger partial charge in [-0.2, -0.15) is 0 Å². The van der Waals surface area contributed by atoms with Gasteiger partial charge in [-0.3, -0.25) is 0 Å². The monoisotopic (exact) mass is 745 g/mol. The number of furan rings is 1. The molecule has 0 aliphatic heterocycles. The first-order valence-corrected chi connectivity index (χ1v) is 19.1. The van der Waals surface area contributed by atoms with E-state index < -0.39 is 18.1 Å². The minimum atomic E-state index is -0.438. The van der Waals surface area contributed by atoms with E-state index in [1.54, 1.807) is 12.1 Å². The SMILES string of the molecule is [2H]c1c([2H])c([2H])c(-c2ccc3oc4c(-c5nc(-c6ccccc6)nc(-c6cccc7ccc8ccccc8c67)n5)cc(-n5c6ccccc6c6ccccc65)cc4c3c2)c([2H])c1[2H]. The smallest absolute Gasteiger partial charge is 0.167 e. The normalized spacial score (nSPS) is 13.0. The number of nitrogens with zero attached hydrogens (tertiary/aromatic N) is 4. The molecule has 0 aliphatic carbocycles. The van der Waals surface area contributed by atoms with Crippen LogP contribution in [-0.4, -0.2) is 19.5 Å². The van der Waals surface area contributed by atoms with Gasteiger partial charge < -0.3 is 8.98 Å². The van der Waals surface area contributed by atoms with Gasteiger partial charge in [-0.25, -0.2) is 15.0 Å². The Bertz CT molecular complexity index is 3800. The van der Waals surface area contributed by atoms with Gasteiger partial charge in [0.05, 0.1) is 23.5 Å². The Hall–Kier alpha value is -7.89. The maximum absolute atomic E-state index is 8.79. The van der Waals surface area contributed by atoms with Gasteiger partial charge in [0.25, 0.3) is 0 Å². The van der Waals surface area contributed by atoms with E-state index in [9.17, 15) is 0 Å². The maximum atomic E-state index is 8.79. The van der Waals surface area contributed by atoms with E-state index in [2.05, 4.69) is 83.4 Å². The average molecular weight is 746 g/mol. The van der Waals surface area contributed by atoms with Crippen molar-refractivity contribution in [2.75, 3.05) is 0 Å². The van der Waals surface area contributed by atoms with E-state index in [0.717, 1.165) is 65.6 Å². The van der Waals surface area contributed by atoms with Crippen molar-refractivity contribution in [3.63, 3.8) is 0 Å². The first-order valence-electron chi connectivity index (χ1n) is 21.6. The number of para-hydroxylation sites is 2. The van der Waals surface area contributed by atoms with Crippen LogP contribution in [0.4, 0.5) is 0 Å². The number of fused-ring (bicyclic) bond motifs is 9. The molecule has 0 radical (unpaired) electrons. The van der Waals surface area contributed by atoms with Gasteiger partial charge in [0.1, 0.15) is 11.2 Å². The lowest BCUT2D eigenvalue weighted by atomic mass is 9.97. The minimum Gasteiger partial charge on any atom is -0.455 e. The fraction of sp³-hybridized carbons (Fsp3) is 0. The fourth-order valence-electron chi connectivity index (χ4n) is 8.49. The summed E-state index contributed by atoms with van der Waals surface area (Å²) in [5.41, 5.74) is 6.88. The Morgan fingerprint density at radius 2 is 1.09 bits per heavy atom. The number of aromatic nitrogens is 4. The Kier molecular flexibility index (Phi) is 6.12. The lowest BCUT2D eigenvalue weighted by Crippen LogP contribution is -2.02. The third-order valence-corrected chi connectivity index (χ3v) is 11.1. The number of benzene rings is 9.